The Bertz CT molecular complexity index is 1170. The van der Waals surface area contributed by atoms with Gasteiger partial charge in [0.15, 0.2) is 29.1 Å². The first-order valence-corrected chi connectivity index (χ1v) is 9.19. The predicted molar refractivity (Wildman–Crippen MR) is 106 cm³/mol. The summed E-state index contributed by atoms with van der Waals surface area (Å²) in [4.78, 5) is 12.7. The summed E-state index contributed by atoms with van der Waals surface area (Å²) < 4.78 is 11.5. The highest BCUT2D eigenvalue weighted by molar-refractivity contribution is 5.90. The number of fused-ring (bicyclic) bond motifs is 1. The molecule has 6 N–H and O–H groups in total. The first-order valence-electron chi connectivity index (χ1n) is 9.19. The van der Waals surface area contributed by atoms with E-state index < -0.39 is 35.4 Å². The number of phenolic OH excluding ortho intramolecular Hbond substituents is 6. The zero-order valence-corrected chi connectivity index (χ0v) is 15.9. The van der Waals surface area contributed by atoms with Gasteiger partial charge < -0.3 is 40.1 Å². The molecule has 0 fully saturated rings. The summed E-state index contributed by atoms with van der Waals surface area (Å²) in [6, 6.07) is 9.87. The van der Waals surface area contributed by atoms with Crippen LogP contribution in [0, 0.1) is 0 Å². The molecule has 0 radical (unpaired) electrons. The Morgan fingerprint density at radius 2 is 1.48 bits per heavy atom. The largest absolute Gasteiger partial charge is 0.508 e. The highest BCUT2D eigenvalue weighted by Gasteiger charge is 2.36. The number of benzene rings is 3. The molecule has 2 atom stereocenters. The normalized spacial score (nSPS) is 17.4. The second-order valence-electron chi connectivity index (χ2n) is 7.08. The van der Waals surface area contributed by atoms with Gasteiger partial charge in [-0.1, -0.05) is 6.07 Å². The SMILES string of the molecule is O=C(OC1Cc2c(O)cc(O)cc2O[C@H]1c1ccc(O)c(O)c1)c1ccc(O)c(O)c1. The molecule has 1 heterocycles. The monoisotopic (exact) mass is 426 g/mol. The molecule has 9 nitrogen and oxygen atoms in total. The summed E-state index contributed by atoms with van der Waals surface area (Å²) in [5.41, 5.74) is 0.655. The Morgan fingerprint density at radius 1 is 0.806 bits per heavy atom. The Morgan fingerprint density at radius 3 is 2.16 bits per heavy atom. The van der Waals surface area contributed by atoms with Crippen molar-refractivity contribution in [1.82, 2.24) is 0 Å². The maximum absolute atomic E-state index is 12.7. The summed E-state index contributed by atoms with van der Waals surface area (Å²) in [5, 5.41) is 58.5. The Kier molecular flexibility index (Phi) is 4.86. The number of carbonyl (C=O) groups excluding carboxylic acids is 1. The molecule has 1 unspecified atom stereocenters. The molecule has 0 amide bonds. The molecular weight excluding hydrogens is 408 g/mol. The molecule has 0 spiro atoms. The molecule has 3 aromatic rings. The molecular formula is C22H18O9. The van der Waals surface area contributed by atoms with Crippen LogP contribution in [0.1, 0.15) is 27.6 Å². The van der Waals surface area contributed by atoms with Crippen LogP contribution in [0.5, 0.6) is 40.2 Å². The van der Waals surface area contributed by atoms with E-state index in [1.165, 1.54) is 30.3 Å². The third-order valence-electron chi connectivity index (χ3n) is 4.96. The van der Waals surface area contributed by atoms with Crippen molar-refractivity contribution in [2.24, 2.45) is 0 Å². The van der Waals surface area contributed by atoms with Crippen LogP contribution in [-0.2, 0) is 11.2 Å². The lowest BCUT2D eigenvalue weighted by Gasteiger charge is -2.34. The van der Waals surface area contributed by atoms with E-state index >= 15 is 0 Å². The zero-order valence-electron chi connectivity index (χ0n) is 15.9. The van der Waals surface area contributed by atoms with Crippen molar-refractivity contribution < 1.29 is 44.9 Å². The van der Waals surface area contributed by atoms with Crippen LogP contribution in [0.4, 0.5) is 0 Å². The summed E-state index contributed by atoms with van der Waals surface area (Å²) in [6.45, 7) is 0. The Labute approximate surface area is 175 Å². The molecule has 31 heavy (non-hydrogen) atoms. The van der Waals surface area contributed by atoms with Gasteiger partial charge in [0.1, 0.15) is 23.4 Å². The third kappa shape index (κ3) is 3.80. The van der Waals surface area contributed by atoms with Crippen LogP contribution in [0.3, 0.4) is 0 Å². The fraction of sp³-hybridized carbons (Fsp3) is 0.136. The van der Waals surface area contributed by atoms with Crippen molar-refractivity contribution in [2.45, 2.75) is 18.6 Å². The van der Waals surface area contributed by atoms with E-state index in [1.807, 2.05) is 0 Å². The van der Waals surface area contributed by atoms with Crippen LogP contribution in [0.2, 0.25) is 0 Å². The van der Waals surface area contributed by atoms with E-state index in [9.17, 15) is 35.4 Å². The lowest BCUT2D eigenvalue weighted by Crippen LogP contribution is -2.34. The highest BCUT2D eigenvalue weighted by atomic mass is 16.6. The number of phenols is 6. The molecule has 0 aliphatic carbocycles. The number of esters is 1. The predicted octanol–water partition coefficient (Wildman–Crippen LogP) is 2.82. The average Bonchev–Trinajstić information content (AvgIpc) is 2.72. The molecule has 0 bridgehead atoms. The van der Waals surface area contributed by atoms with Crippen molar-refractivity contribution in [3.63, 3.8) is 0 Å². The van der Waals surface area contributed by atoms with E-state index in [-0.39, 0.29) is 35.0 Å². The lowest BCUT2D eigenvalue weighted by atomic mass is 9.93. The third-order valence-corrected chi connectivity index (χ3v) is 4.96. The topological polar surface area (TPSA) is 157 Å². The maximum Gasteiger partial charge on any atom is 0.338 e. The second kappa shape index (κ2) is 7.52. The summed E-state index contributed by atoms with van der Waals surface area (Å²) in [5.74, 6) is -2.75. The first kappa shape index (κ1) is 20.0. The molecule has 160 valence electrons. The highest BCUT2D eigenvalue weighted by Crippen LogP contribution is 2.44. The smallest absolute Gasteiger partial charge is 0.338 e. The van der Waals surface area contributed by atoms with Crippen LogP contribution >= 0.6 is 0 Å². The number of aromatic hydroxyl groups is 6. The van der Waals surface area contributed by atoms with Crippen molar-refractivity contribution in [1.29, 1.82) is 0 Å². The minimum Gasteiger partial charge on any atom is -0.508 e. The molecule has 0 saturated heterocycles. The van der Waals surface area contributed by atoms with Gasteiger partial charge in [-0.3, -0.25) is 0 Å². The Hall–Kier alpha value is -4.27. The lowest BCUT2D eigenvalue weighted by molar-refractivity contribution is -0.0188. The van der Waals surface area contributed by atoms with Crippen LogP contribution in [0.15, 0.2) is 48.5 Å². The quantitative estimate of drug-likeness (QED) is 0.274. The number of rotatable bonds is 3. The fourth-order valence-electron chi connectivity index (χ4n) is 3.41. The number of hydrogen-bond donors (Lipinski definition) is 6. The van der Waals surface area contributed by atoms with Gasteiger partial charge in [-0.2, -0.15) is 0 Å². The summed E-state index contributed by atoms with van der Waals surface area (Å²) >= 11 is 0. The Balaban J connectivity index is 1.71. The molecule has 3 aromatic carbocycles. The summed E-state index contributed by atoms with van der Waals surface area (Å²) in [7, 11) is 0. The van der Waals surface area contributed by atoms with E-state index in [0.29, 0.717) is 11.1 Å². The van der Waals surface area contributed by atoms with Crippen LogP contribution in [0.25, 0.3) is 0 Å². The van der Waals surface area contributed by atoms with Gasteiger partial charge in [-0.05, 0) is 30.3 Å². The van der Waals surface area contributed by atoms with Crippen LogP contribution < -0.4 is 4.74 Å². The molecule has 9 heteroatoms. The summed E-state index contributed by atoms with van der Waals surface area (Å²) in [6.07, 6.45) is -1.91. The van der Waals surface area contributed by atoms with Crippen molar-refractivity contribution in [3.05, 3.63) is 65.2 Å². The van der Waals surface area contributed by atoms with Gasteiger partial charge in [0, 0.05) is 29.7 Å². The van der Waals surface area contributed by atoms with Gasteiger partial charge in [-0.15, -0.1) is 0 Å². The van der Waals surface area contributed by atoms with Gasteiger partial charge in [0.05, 0.1) is 5.56 Å². The minimum atomic E-state index is -0.977. The zero-order chi connectivity index (χ0) is 22.3. The van der Waals surface area contributed by atoms with Crippen molar-refractivity contribution >= 4 is 5.97 Å². The minimum absolute atomic E-state index is 0.0174. The first-order chi connectivity index (χ1) is 14.7. The van der Waals surface area contributed by atoms with E-state index in [1.54, 1.807) is 0 Å². The molecule has 0 aromatic heterocycles. The molecule has 1 aliphatic rings. The second-order valence-corrected chi connectivity index (χ2v) is 7.08. The van der Waals surface area contributed by atoms with Crippen molar-refractivity contribution in [2.75, 3.05) is 0 Å². The molecule has 4 rings (SSSR count). The fourth-order valence-corrected chi connectivity index (χ4v) is 3.41. The van der Waals surface area contributed by atoms with Gasteiger partial charge in [0.2, 0.25) is 0 Å². The van der Waals surface area contributed by atoms with Gasteiger partial charge in [0.25, 0.3) is 0 Å². The molecule has 1 aliphatic heterocycles. The number of ether oxygens (including phenoxy) is 2. The standard InChI is InChI=1S/C22H18O9/c23-12-7-16(26)13-9-20(31-22(29)11-2-4-15(25)18(28)6-11)21(30-19(13)8-12)10-1-3-14(24)17(27)5-10/h1-8,20-21,23-28H,9H2/t20?,21-/m0/s1. The van der Waals surface area contributed by atoms with Crippen LogP contribution in [-0.4, -0.2) is 42.7 Å². The molecule has 0 saturated carbocycles. The van der Waals surface area contributed by atoms with E-state index in [2.05, 4.69) is 0 Å². The van der Waals surface area contributed by atoms with E-state index in [0.717, 1.165) is 18.2 Å². The van der Waals surface area contributed by atoms with Gasteiger partial charge in [-0.25, -0.2) is 4.79 Å². The number of hydrogen-bond acceptors (Lipinski definition) is 9. The number of carbonyl (C=O) groups is 1. The van der Waals surface area contributed by atoms with E-state index in [4.69, 9.17) is 9.47 Å². The average molecular weight is 426 g/mol. The van der Waals surface area contributed by atoms with Crippen molar-refractivity contribution in [3.8, 4) is 40.2 Å². The van der Waals surface area contributed by atoms with Gasteiger partial charge >= 0.3 is 5.97 Å². The maximum atomic E-state index is 12.7.